The molecule has 2 aromatic carbocycles. The van der Waals surface area contributed by atoms with E-state index in [1.54, 1.807) is 6.07 Å². The smallest absolute Gasteiger partial charge is 0.223 e. The van der Waals surface area contributed by atoms with E-state index in [1.807, 2.05) is 13.0 Å². The fourth-order valence-electron chi connectivity index (χ4n) is 3.78. The first-order chi connectivity index (χ1) is 13.0. The highest BCUT2D eigenvalue weighted by molar-refractivity contribution is 5.78. The molecule has 27 heavy (non-hydrogen) atoms. The first-order valence-electron chi connectivity index (χ1n) is 9.85. The van der Waals surface area contributed by atoms with Gasteiger partial charge in [0.2, 0.25) is 5.91 Å². The Hall–Kier alpha value is -2.20. The van der Waals surface area contributed by atoms with Crippen LogP contribution in [0.4, 0.5) is 4.39 Å². The summed E-state index contributed by atoms with van der Waals surface area (Å²) >= 11 is 0. The number of rotatable bonds is 7. The fraction of sp³-hybridized carbons (Fsp3) is 0.435. The zero-order chi connectivity index (χ0) is 19.2. The number of nitrogens with zero attached hydrogens (tertiary/aromatic N) is 1. The first-order valence-corrected chi connectivity index (χ1v) is 9.85. The fourth-order valence-corrected chi connectivity index (χ4v) is 3.78. The minimum absolute atomic E-state index is 0.0237. The molecule has 3 rings (SSSR count). The molecule has 0 spiro atoms. The molecule has 0 saturated carbocycles. The molecule has 1 aliphatic heterocycles. The third kappa shape index (κ3) is 5.39. The highest BCUT2D eigenvalue weighted by atomic mass is 19.1. The second kappa shape index (κ2) is 9.14. The molecule has 1 N–H and O–H groups in total. The number of benzene rings is 2. The van der Waals surface area contributed by atoms with Gasteiger partial charge in [-0.25, -0.2) is 4.39 Å². The standard InChI is InChI=1S/C23H29FN2O/c1-17-8-10-20(11-9-17)22(26-12-3-4-13-26)16-25-23(27)18(2)14-19-6-5-7-21(24)15-19/h5-11,15,18,22H,3-4,12-14,16H2,1-2H3,(H,25,27). The lowest BCUT2D eigenvalue weighted by atomic mass is 9.99. The van der Waals surface area contributed by atoms with E-state index in [2.05, 4.69) is 41.4 Å². The summed E-state index contributed by atoms with van der Waals surface area (Å²) in [6.45, 7) is 6.75. The Morgan fingerprint density at radius 1 is 1.15 bits per heavy atom. The van der Waals surface area contributed by atoms with Gasteiger partial charge in [-0.1, -0.05) is 48.9 Å². The van der Waals surface area contributed by atoms with Crippen molar-refractivity contribution in [3.05, 3.63) is 71.0 Å². The van der Waals surface area contributed by atoms with Crippen molar-refractivity contribution in [3.63, 3.8) is 0 Å². The zero-order valence-electron chi connectivity index (χ0n) is 16.2. The van der Waals surface area contributed by atoms with Crippen LogP contribution in [0.15, 0.2) is 48.5 Å². The van der Waals surface area contributed by atoms with E-state index in [9.17, 15) is 9.18 Å². The van der Waals surface area contributed by atoms with E-state index >= 15 is 0 Å². The van der Waals surface area contributed by atoms with Crippen LogP contribution in [0.3, 0.4) is 0 Å². The molecule has 0 bridgehead atoms. The SMILES string of the molecule is Cc1ccc(C(CNC(=O)C(C)Cc2cccc(F)c2)N2CCCC2)cc1. The Bertz CT molecular complexity index is 753. The van der Waals surface area contributed by atoms with E-state index in [-0.39, 0.29) is 23.7 Å². The number of hydrogen-bond acceptors (Lipinski definition) is 2. The molecule has 1 fully saturated rings. The van der Waals surface area contributed by atoms with Crippen LogP contribution in [0.2, 0.25) is 0 Å². The molecule has 0 aromatic heterocycles. The summed E-state index contributed by atoms with van der Waals surface area (Å²) in [5.74, 6) is -0.423. The van der Waals surface area contributed by atoms with Crippen molar-refractivity contribution >= 4 is 5.91 Å². The maximum absolute atomic E-state index is 13.4. The lowest BCUT2D eigenvalue weighted by molar-refractivity contribution is -0.124. The molecule has 1 amide bonds. The molecule has 1 aliphatic rings. The van der Waals surface area contributed by atoms with Crippen LogP contribution in [0.1, 0.15) is 42.5 Å². The quantitative estimate of drug-likeness (QED) is 0.792. The van der Waals surface area contributed by atoms with E-state index in [0.717, 1.165) is 18.7 Å². The van der Waals surface area contributed by atoms with Gasteiger partial charge in [0.1, 0.15) is 5.82 Å². The lowest BCUT2D eigenvalue weighted by Gasteiger charge is -2.29. The molecule has 1 saturated heterocycles. The molecule has 0 radical (unpaired) electrons. The molecular formula is C23H29FN2O. The van der Waals surface area contributed by atoms with E-state index in [0.29, 0.717) is 13.0 Å². The van der Waals surface area contributed by atoms with Crippen molar-refractivity contribution in [1.82, 2.24) is 10.2 Å². The van der Waals surface area contributed by atoms with Crippen LogP contribution in [-0.2, 0) is 11.2 Å². The summed E-state index contributed by atoms with van der Waals surface area (Å²) in [7, 11) is 0. The minimum atomic E-state index is -0.256. The Kier molecular flexibility index (Phi) is 6.62. The van der Waals surface area contributed by atoms with Crippen molar-refractivity contribution in [2.75, 3.05) is 19.6 Å². The summed E-state index contributed by atoms with van der Waals surface area (Å²) in [5.41, 5.74) is 3.35. The van der Waals surface area contributed by atoms with Gasteiger partial charge in [-0.05, 0) is 62.5 Å². The zero-order valence-corrected chi connectivity index (χ0v) is 16.2. The van der Waals surface area contributed by atoms with Crippen molar-refractivity contribution < 1.29 is 9.18 Å². The third-order valence-electron chi connectivity index (χ3n) is 5.39. The Labute approximate surface area is 161 Å². The summed E-state index contributed by atoms with van der Waals surface area (Å²) < 4.78 is 13.4. The molecule has 3 nitrogen and oxygen atoms in total. The summed E-state index contributed by atoms with van der Waals surface area (Å²) in [5, 5.41) is 3.13. The van der Waals surface area contributed by atoms with Gasteiger partial charge >= 0.3 is 0 Å². The van der Waals surface area contributed by atoms with Gasteiger partial charge in [0.05, 0.1) is 6.04 Å². The minimum Gasteiger partial charge on any atom is -0.354 e. The maximum atomic E-state index is 13.4. The molecule has 2 unspecified atom stereocenters. The molecular weight excluding hydrogens is 339 g/mol. The Morgan fingerprint density at radius 3 is 2.52 bits per heavy atom. The number of halogens is 1. The van der Waals surface area contributed by atoms with Crippen molar-refractivity contribution in [1.29, 1.82) is 0 Å². The van der Waals surface area contributed by atoms with Crippen LogP contribution in [0, 0.1) is 18.7 Å². The largest absolute Gasteiger partial charge is 0.354 e. The van der Waals surface area contributed by atoms with Crippen molar-refractivity contribution in [3.8, 4) is 0 Å². The molecule has 144 valence electrons. The maximum Gasteiger partial charge on any atom is 0.223 e. The van der Waals surface area contributed by atoms with Crippen molar-refractivity contribution in [2.45, 2.75) is 39.2 Å². The number of likely N-dealkylation sites (tertiary alicyclic amines) is 1. The first kappa shape index (κ1) is 19.6. The lowest BCUT2D eigenvalue weighted by Crippen LogP contribution is -2.39. The highest BCUT2D eigenvalue weighted by Crippen LogP contribution is 2.25. The second-order valence-corrected chi connectivity index (χ2v) is 7.65. The van der Waals surface area contributed by atoms with Gasteiger partial charge in [0.15, 0.2) is 0 Å². The van der Waals surface area contributed by atoms with Gasteiger partial charge < -0.3 is 5.32 Å². The number of hydrogen-bond donors (Lipinski definition) is 1. The number of amides is 1. The van der Waals surface area contributed by atoms with Crippen molar-refractivity contribution in [2.24, 2.45) is 5.92 Å². The van der Waals surface area contributed by atoms with Crippen LogP contribution in [-0.4, -0.2) is 30.4 Å². The van der Waals surface area contributed by atoms with Crippen LogP contribution >= 0.6 is 0 Å². The Balaban J connectivity index is 1.61. The average Bonchev–Trinajstić information content (AvgIpc) is 3.17. The number of nitrogens with one attached hydrogen (secondary N) is 1. The molecule has 4 heteroatoms. The van der Waals surface area contributed by atoms with Crippen LogP contribution in [0.5, 0.6) is 0 Å². The van der Waals surface area contributed by atoms with Gasteiger partial charge in [-0.3, -0.25) is 9.69 Å². The Morgan fingerprint density at radius 2 is 1.85 bits per heavy atom. The van der Waals surface area contributed by atoms with Gasteiger partial charge in [-0.15, -0.1) is 0 Å². The third-order valence-corrected chi connectivity index (χ3v) is 5.39. The van der Waals surface area contributed by atoms with Crippen LogP contribution < -0.4 is 5.32 Å². The van der Waals surface area contributed by atoms with E-state index < -0.39 is 0 Å². The molecule has 0 aliphatic carbocycles. The summed E-state index contributed by atoms with van der Waals surface area (Å²) in [4.78, 5) is 15.1. The topological polar surface area (TPSA) is 32.3 Å². The monoisotopic (exact) mass is 368 g/mol. The number of carbonyl (C=O) groups is 1. The van der Waals surface area contributed by atoms with Gasteiger partial charge in [-0.2, -0.15) is 0 Å². The van der Waals surface area contributed by atoms with E-state index in [4.69, 9.17) is 0 Å². The number of aryl methyl sites for hydroxylation is 1. The normalized spacial score (nSPS) is 16.9. The summed E-state index contributed by atoms with van der Waals surface area (Å²) in [6.07, 6.45) is 2.97. The van der Waals surface area contributed by atoms with Gasteiger partial charge in [0.25, 0.3) is 0 Å². The van der Waals surface area contributed by atoms with E-state index in [1.165, 1.54) is 36.1 Å². The second-order valence-electron chi connectivity index (χ2n) is 7.65. The predicted octanol–water partition coefficient (Wildman–Crippen LogP) is 4.27. The highest BCUT2D eigenvalue weighted by Gasteiger charge is 2.24. The average molecular weight is 368 g/mol. The molecule has 2 atom stereocenters. The van der Waals surface area contributed by atoms with Gasteiger partial charge in [0, 0.05) is 12.5 Å². The molecule has 1 heterocycles. The molecule has 2 aromatic rings. The number of carbonyl (C=O) groups excluding carboxylic acids is 1. The van der Waals surface area contributed by atoms with Crippen LogP contribution in [0.25, 0.3) is 0 Å². The summed E-state index contributed by atoms with van der Waals surface area (Å²) in [6, 6.07) is 15.3. The predicted molar refractivity (Wildman–Crippen MR) is 107 cm³/mol.